The van der Waals surface area contributed by atoms with Gasteiger partial charge in [0.1, 0.15) is 5.82 Å². The highest BCUT2D eigenvalue weighted by Crippen LogP contribution is 2.41. The molecule has 3 heterocycles. The fourth-order valence-electron chi connectivity index (χ4n) is 3.81. The molecule has 0 saturated carbocycles. The molecule has 2 aliphatic rings. The molecule has 2 aromatic rings. The average Bonchev–Trinajstić information content (AvgIpc) is 3.06. The Bertz CT molecular complexity index is 968. The highest BCUT2D eigenvalue weighted by Gasteiger charge is 2.37. The number of halogens is 1. The summed E-state index contributed by atoms with van der Waals surface area (Å²) in [5.41, 5.74) is 2.87. The molecule has 1 saturated heterocycles. The van der Waals surface area contributed by atoms with Crippen molar-refractivity contribution in [3.8, 4) is 0 Å². The third kappa shape index (κ3) is 3.01. The number of fused-ring (bicyclic) bond motifs is 1. The molecule has 1 fully saturated rings. The van der Waals surface area contributed by atoms with Gasteiger partial charge in [-0.2, -0.15) is 5.10 Å². The third-order valence-corrected chi connectivity index (χ3v) is 7.18. The van der Waals surface area contributed by atoms with E-state index in [1.807, 2.05) is 31.2 Å². The van der Waals surface area contributed by atoms with Gasteiger partial charge in [-0.25, -0.2) is 13.1 Å². The summed E-state index contributed by atoms with van der Waals surface area (Å²) >= 11 is 3.49. The van der Waals surface area contributed by atoms with Gasteiger partial charge in [0.25, 0.3) is 0 Å². The van der Waals surface area contributed by atoms with Gasteiger partial charge in [0, 0.05) is 22.4 Å². The molecule has 0 spiro atoms. The van der Waals surface area contributed by atoms with Crippen LogP contribution < -0.4 is 5.32 Å². The SMILES string of the molecule is Cc1nn([C@H]2CCS(=O)(=O)C2)c2c1[C@@H](c1cccc(Br)c1)CC(=O)N2. The second-order valence-electron chi connectivity index (χ2n) is 6.71. The van der Waals surface area contributed by atoms with E-state index < -0.39 is 9.84 Å². The molecular weight excluding hydrogens is 406 g/mol. The smallest absolute Gasteiger partial charge is 0.226 e. The predicted molar refractivity (Wildman–Crippen MR) is 98.5 cm³/mol. The normalized spacial score (nSPS) is 24.8. The molecule has 2 aliphatic heterocycles. The summed E-state index contributed by atoms with van der Waals surface area (Å²) < 4.78 is 26.4. The van der Waals surface area contributed by atoms with Crippen LogP contribution in [0.3, 0.4) is 0 Å². The van der Waals surface area contributed by atoms with Crippen molar-refractivity contribution in [1.29, 1.82) is 0 Å². The van der Waals surface area contributed by atoms with Crippen molar-refractivity contribution in [1.82, 2.24) is 9.78 Å². The first kappa shape index (κ1) is 16.8. The molecule has 132 valence electrons. The van der Waals surface area contributed by atoms with Gasteiger partial charge in [-0.15, -0.1) is 0 Å². The number of aryl methyl sites for hydroxylation is 1. The maximum Gasteiger partial charge on any atom is 0.226 e. The molecule has 8 heteroatoms. The Kier molecular flexibility index (Phi) is 3.99. The van der Waals surface area contributed by atoms with E-state index in [-0.39, 0.29) is 29.4 Å². The van der Waals surface area contributed by atoms with Crippen LogP contribution in [0.4, 0.5) is 5.82 Å². The molecule has 1 N–H and O–H groups in total. The van der Waals surface area contributed by atoms with Crippen molar-refractivity contribution >= 4 is 37.5 Å². The highest BCUT2D eigenvalue weighted by atomic mass is 79.9. The number of sulfone groups is 1. The zero-order chi connectivity index (χ0) is 17.8. The number of aromatic nitrogens is 2. The van der Waals surface area contributed by atoms with Crippen molar-refractivity contribution in [2.75, 3.05) is 16.8 Å². The second kappa shape index (κ2) is 5.95. The molecule has 0 radical (unpaired) electrons. The van der Waals surface area contributed by atoms with Crippen LogP contribution in [-0.2, 0) is 14.6 Å². The Morgan fingerprint density at radius 3 is 2.84 bits per heavy atom. The van der Waals surface area contributed by atoms with E-state index >= 15 is 0 Å². The van der Waals surface area contributed by atoms with Crippen LogP contribution in [-0.4, -0.2) is 35.6 Å². The standard InChI is InChI=1S/C17H18BrN3O3S/c1-10-16-14(11-3-2-4-12(18)7-11)8-15(22)19-17(16)21(20-10)13-5-6-25(23,24)9-13/h2-4,7,13-14H,5-6,8-9H2,1H3,(H,19,22)/t13-,14+/m0/s1. The Morgan fingerprint density at radius 2 is 2.16 bits per heavy atom. The summed E-state index contributed by atoms with van der Waals surface area (Å²) in [5, 5.41) is 7.52. The second-order valence-corrected chi connectivity index (χ2v) is 9.85. The largest absolute Gasteiger partial charge is 0.311 e. The Hall–Kier alpha value is -1.67. The number of nitrogens with zero attached hydrogens (tertiary/aromatic N) is 2. The molecule has 6 nitrogen and oxygen atoms in total. The lowest BCUT2D eigenvalue weighted by atomic mass is 9.86. The maximum absolute atomic E-state index is 12.3. The Balaban J connectivity index is 1.81. The number of benzene rings is 1. The Labute approximate surface area is 154 Å². The molecule has 25 heavy (non-hydrogen) atoms. The lowest BCUT2D eigenvalue weighted by Crippen LogP contribution is -2.26. The number of amides is 1. The third-order valence-electron chi connectivity index (χ3n) is 4.93. The van der Waals surface area contributed by atoms with Crippen LogP contribution in [0.1, 0.15) is 41.6 Å². The van der Waals surface area contributed by atoms with E-state index in [1.165, 1.54) is 0 Å². The van der Waals surface area contributed by atoms with Crippen LogP contribution >= 0.6 is 15.9 Å². The van der Waals surface area contributed by atoms with Gasteiger partial charge >= 0.3 is 0 Å². The molecule has 0 unspecified atom stereocenters. The van der Waals surface area contributed by atoms with Crippen LogP contribution in [0.25, 0.3) is 0 Å². The van der Waals surface area contributed by atoms with Gasteiger partial charge in [0.2, 0.25) is 5.91 Å². The average molecular weight is 424 g/mol. The molecule has 2 atom stereocenters. The maximum atomic E-state index is 12.3. The van der Waals surface area contributed by atoms with E-state index in [0.29, 0.717) is 18.7 Å². The van der Waals surface area contributed by atoms with E-state index in [1.54, 1.807) is 4.68 Å². The van der Waals surface area contributed by atoms with Gasteiger partial charge in [0.05, 0.1) is 23.2 Å². The van der Waals surface area contributed by atoms with Gasteiger partial charge in [-0.05, 0) is 31.0 Å². The predicted octanol–water partition coefficient (Wildman–Crippen LogP) is 2.79. The van der Waals surface area contributed by atoms with Crippen molar-refractivity contribution in [2.45, 2.75) is 31.7 Å². The first-order chi connectivity index (χ1) is 11.8. The molecule has 0 bridgehead atoms. The molecule has 0 aliphatic carbocycles. The van der Waals surface area contributed by atoms with Crippen molar-refractivity contribution in [2.24, 2.45) is 0 Å². The Morgan fingerprint density at radius 1 is 1.36 bits per heavy atom. The number of rotatable bonds is 2. The van der Waals surface area contributed by atoms with Crippen LogP contribution in [0.5, 0.6) is 0 Å². The van der Waals surface area contributed by atoms with Crippen molar-refractivity contribution in [3.05, 3.63) is 45.6 Å². The first-order valence-electron chi connectivity index (χ1n) is 8.19. The fraction of sp³-hybridized carbons (Fsp3) is 0.412. The highest BCUT2D eigenvalue weighted by molar-refractivity contribution is 9.10. The number of hydrogen-bond acceptors (Lipinski definition) is 4. The molecule has 1 amide bonds. The lowest BCUT2D eigenvalue weighted by Gasteiger charge is -2.25. The summed E-state index contributed by atoms with van der Waals surface area (Å²) in [6.45, 7) is 1.92. The van der Waals surface area contributed by atoms with Crippen molar-refractivity contribution < 1.29 is 13.2 Å². The summed E-state index contributed by atoms with van der Waals surface area (Å²) in [6, 6.07) is 7.72. The monoisotopic (exact) mass is 423 g/mol. The van der Waals surface area contributed by atoms with E-state index in [2.05, 4.69) is 26.3 Å². The summed E-state index contributed by atoms with van der Waals surface area (Å²) in [6.07, 6.45) is 0.895. The molecular formula is C17H18BrN3O3S. The van der Waals surface area contributed by atoms with Gasteiger partial charge in [-0.3, -0.25) is 4.79 Å². The number of anilines is 1. The number of carbonyl (C=O) groups excluding carboxylic acids is 1. The minimum absolute atomic E-state index is 0.0699. The van der Waals surface area contributed by atoms with Gasteiger partial charge in [-0.1, -0.05) is 28.1 Å². The molecule has 1 aromatic carbocycles. The topological polar surface area (TPSA) is 81.1 Å². The van der Waals surface area contributed by atoms with Gasteiger partial charge < -0.3 is 5.32 Å². The van der Waals surface area contributed by atoms with Gasteiger partial charge in [0.15, 0.2) is 9.84 Å². The zero-order valence-corrected chi connectivity index (χ0v) is 16.1. The first-order valence-corrected chi connectivity index (χ1v) is 10.8. The summed E-state index contributed by atoms with van der Waals surface area (Å²) in [5.74, 6) is 0.764. The lowest BCUT2D eigenvalue weighted by molar-refractivity contribution is -0.116. The minimum atomic E-state index is -3.03. The summed E-state index contributed by atoms with van der Waals surface area (Å²) in [4.78, 5) is 12.3. The number of hydrogen-bond donors (Lipinski definition) is 1. The van der Waals surface area contributed by atoms with Crippen LogP contribution in [0.2, 0.25) is 0 Å². The minimum Gasteiger partial charge on any atom is -0.311 e. The number of nitrogens with one attached hydrogen (secondary N) is 1. The van der Waals surface area contributed by atoms with E-state index in [0.717, 1.165) is 21.3 Å². The number of carbonyl (C=O) groups is 1. The summed E-state index contributed by atoms with van der Waals surface area (Å²) in [7, 11) is -3.03. The van der Waals surface area contributed by atoms with E-state index in [9.17, 15) is 13.2 Å². The fourth-order valence-corrected chi connectivity index (χ4v) is 5.92. The van der Waals surface area contributed by atoms with Crippen LogP contribution in [0, 0.1) is 6.92 Å². The van der Waals surface area contributed by atoms with Crippen LogP contribution in [0.15, 0.2) is 28.7 Å². The zero-order valence-electron chi connectivity index (χ0n) is 13.7. The molecule has 4 rings (SSSR count). The van der Waals surface area contributed by atoms with Crippen molar-refractivity contribution in [3.63, 3.8) is 0 Å². The molecule has 1 aromatic heterocycles. The quantitative estimate of drug-likeness (QED) is 0.804. The van der Waals surface area contributed by atoms with E-state index in [4.69, 9.17) is 0 Å².